The Morgan fingerprint density at radius 1 is 1.20 bits per heavy atom. The van der Waals surface area contributed by atoms with Crippen molar-refractivity contribution >= 4 is 11.8 Å². The minimum Gasteiger partial charge on any atom is -0.353 e. The van der Waals surface area contributed by atoms with Crippen molar-refractivity contribution in [1.82, 2.24) is 15.2 Å². The molecular weight excluding hydrogens is 314 g/mol. The Balaban J connectivity index is 1.39. The summed E-state index contributed by atoms with van der Waals surface area (Å²) in [6.07, 6.45) is 12.1. The van der Waals surface area contributed by atoms with Crippen LogP contribution in [-0.4, -0.2) is 34.3 Å². The number of likely N-dealkylation sites (tertiary alicyclic amines) is 1. The van der Waals surface area contributed by atoms with E-state index in [0.717, 1.165) is 37.8 Å². The molecule has 0 spiro atoms. The number of hydrogen-bond acceptors (Lipinski definition) is 3. The van der Waals surface area contributed by atoms with Crippen molar-refractivity contribution in [3.05, 3.63) is 30.1 Å². The van der Waals surface area contributed by atoms with Crippen LogP contribution in [0.3, 0.4) is 0 Å². The summed E-state index contributed by atoms with van der Waals surface area (Å²) in [5.74, 6) is 0.695. The lowest BCUT2D eigenvalue weighted by atomic mass is 9.64. The van der Waals surface area contributed by atoms with Gasteiger partial charge in [0.2, 0.25) is 11.8 Å². The zero-order valence-electron chi connectivity index (χ0n) is 14.7. The summed E-state index contributed by atoms with van der Waals surface area (Å²) in [4.78, 5) is 31.3. The fourth-order valence-electron chi connectivity index (χ4n) is 5.07. The quantitative estimate of drug-likeness (QED) is 0.896. The van der Waals surface area contributed by atoms with E-state index in [-0.39, 0.29) is 17.4 Å². The van der Waals surface area contributed by atoms with Gasteiger partial charge in [-0.1, -0.05) is 18.9 Å². The van der Waals surface area contributed by atoms with Gasteiger partial charge >= 0.3 is 0 Å². The van der Waals surface area contributed by atoms with Crippen LogP contribution in [0, 0.1) is 5.92 Å². The molecule has 1 aromatic heterocycles. The van der Waals surface area contributed by atoms with E-state index < -0.39 is 0 Å². The molecule has 25 heavy (non-hydrogen) atoms. The normalized spacial score (nSPS) is 28.5. The Hall–Kier alpha value is -1.91. The molecule has 2 saturated carbocycles. The number of aromatic nitrogens is 1. The largest absolute Gasteiger partial charge is 0.353 e. The highest BCUT2D eigenvalue weighted by atomic mass is 16.2. The van der Waals surface area contributed by atoms with Crippen LogP contribution in [0.25, 0.3) is 0 Å². The zero-order chi connectivity index (χ0) is 17.3. The van der Waals surface area contributed by atoms with Gasteiger partial charge < -0.3 is 10.2 Å². The SMILES string of the molecule is O=C(CCC(=O)N1CC[C@@H]2CC[C@@]21c1cccnc1)NC1CCCC1. The van der Waals surface area contributed by atoms with Crippen LogP contribution in [0.4, 0.5) is 0 Å². The van der Waals surface area contributed by atoms with E-state index in [2.05, 4.69) is 16.4 Å². The molecule has 1 aliphatic heterocycles. The molecule has 0 radical (unpaired) electrons. The smallest absolute Gasteiger partial charge is 0.223 e. The number of carbonyl (C=O) groups excluding carboxylic acids is 2. The first kappa shape index (κ1) is 16.6. The first-order chi connectivity index (χ1) is 12.2. The van der Waals surface area contributed by atoms with Gasteiger partial charge in [-0.3, -0.25) is 14.6 Å². The Kier molecular flexibility index (Phi) is 4.48. The Labute approximate surface area is 149 Å². The summed E-state index contributed by atoms with van der Waals surface area (Å²) in [5.41, 5.74) is 1.00. The Morgan fingerprint density at radius 3 is 2.72 bits per heavy atom. The molecule has 2 heterocycles. The van der Waals surface area contributed by atoms with Gasteiger partial charge in [-0.15, -0.1) is 0 Å². The lowest BCUT2D eigenvalue weighted by Crippen LogP contribution is -2.53. The molecule has 2 aliphatic carbocycles. The van der Waals surface area contributed by atoms with Crippen molar-refractivity contribution < 1.29 is 9.59 Å². The molecule has 0 bridgehead atoms. The summed E-state index contributed by atoms with van der Waals surface area (Å²) in [7, 11) is 0. The number of fused-ring (bicyclic) bond motifs is 1. The topological polar surface area (TPSA) is 62.3 Å². The van der Waals surface area contributed by atoms with Crippen molar-refractivity contribution in [2.24, 2.45) is 5.92 Å². The van der Waals surface area contributed by atoms with Crippen LogP contribution in [0.15, 0.2) is 24.5 Å². The number of rotatable bonds is 5. The molecule has 1 N–H and O–H groups in total. The maximum absolute atomic E-state index is 12.9. The number of amides is 2. The van der Waals surface area contributed by atoms with Gasteiger partial charge in [0.1, 0.15) is 0 Å². The Morgan fingerprint density at radius 2 is 2.04 bits per heavy atom. The van der Waals surface area contributed by atoms with Crippen LogP contribution >= 0.6 is 0 Å². The third-order valence-electron chi connectivity index (χ3n) is 6.48. The van der Waals surface area contributed by atoms with Crippen LogP contribution in [0.2, 0.25) is 0 Å². The van der Waals surface area contributed by atoms with E-state index in [1.54, 1.807) is 6.20 Å². The van der Waals surface area contributed by atoms with Crippen LogP contribution in [0.5, 0.6) is 0 Å². The maximum atomic E-state index is 12.9. The van der Waals surface area contributed by atoms with Crippen LogP contribution in [0.1, 0.15) is 63.4 Å². The van der Waals surface area contributed by atoms with E-state index in [0.29, 0.717) is 24.8 Å². The number of nitrogens with one attached hydrogen (secondary N) is 1. The second kappa shape index (κ2) is 6.77. The van der Waals surface area contributed by atoms with Gasteiger partial charge in [0.25, 0.3) is 0 Å². The third-order valence-corrected chi connectivity index (χ3v) is 6.48. The number of nitrogens with zero attached hydrogens (tertiary/aromatic N) is 2. The number of pyridine rings is 1. The molecule has 2 amide bonds. The predicted molar refractivity (Wildman–Crippen MR) is 94.6 cm³/mol. The van der Waals surface area contributed by atoms with E-state index in [9.17, 15) is 9.59 Å². The monoisotopic (exact) mass is 341 g/mol. The van der Waals surface area contributed by atoms with Crippen molar-refractivity contribution in [2.75, 3.05) is 6.54 Å². The molecule has 5 nitrogen and oxygen atoms in total. The molecule has 3 fully saturated rings. The van der Waals surface area contributed by atoms with Crippen molar-refractivity contribution in [1.29, 1.82) is 0 Å². The van der Waals surface area contributed by atoms with E-state index in [1.807, 2.05) is 17.2 Å². The van der Waals surface area contributed by atoms with E-state index >= 15 is 0 Å². The average molecular weight is 341 g/mol. The maximum Gasteiger partial charge on any atom is 0.223 e. The summed E-state index contributed by atoms with van der Waals surface area (Å²) in [6, 6.07) is 4.37. The predicted octanol–water partition coefficient (Wildman–Crippen LogP) is 2.76. The van der Waals surface area contributed by atoms with E-state index in [1.165, 1.54) is 19.3 Å². The van der Waals surface area contributed by atoms with Crippen LogP contribution < -0.4 is 5.32 Å². The first-order valence-corrected chi connectivity index (χ1v) is 9.70. The summed E-state index contributed by atoms with van der Waals surface area (Å²) in [5, 5.41) is 3.08. The van der Waals surface area contributed by atoms with Gasteiger partial charge in [-0.25, -0.2) is 0 Å². The molecule has 5 heteroatoms. The van der Waals surface area contributed by atoms with Gasteiger partial charge in [0.15, 0.2) is 0 Å². The highest BCUT2D eigenvalue weighted by Crippen LogP contribution is 2.56. The summed E-state index contributed by atoms with van der Waals surface area (Å²) in [6.45, 7) is 0.808. The lowest BCUT2D eigenvalue weighted by Gasteiger charge is -2.50. The second-order valence-corrected chi connectivity index (χ2v) is 7.78. The van der Waals surface area contributed by atoms with Gasteiger partial charge in [0, 0.05) is 37.8 Å². The molecular formula is C20H27N3O2. The highest BCUT2D eigenvalue weighted by Gasteiger charge is 2.57. The third kappa shape index (κ3) is 2.94. The Bertz CT molecular complexity index is 642. The molecule has 134 valence electrons. The molecule has 2 atom stereocenters. The van der Waals surface area contributed by atoms with E-state index in [4.69, 9.17) is 0 Å². The van der Waals surface area contributed by atoms with Crippen LogP contribution in [-0.2, 0) is 15.1 Å². The fourth-order valence-corrected chi connectivity index (χ4v) is 5.07. The minimum absolute atomic E-state index is 0.0278. The average Bonchev–Trinajstić information content (AvgIpc) is 3.20. The standard InChI is InChI=1S/C20H27N3O2/c24-18(22-17-5-1-2-6-17)7-8-19(25)23-13-10-15-9-11-20(15,23)16-4-3-12-21-14-16/h3-4,12,14-15,17H,1-2,5-11,13H2,(H,22,24)/t15-,20-/m0/s1. The zero-order valence-corrected chi connectivity index (χ0v) is 14.7. The molecule has 1 saturated heterocycles. The van der Waals surface area contributed by atoms with Gasteiger partial charge in [-0.05, 0) is 49.7 Å². The molecule has 4 rings (SSSR count). The highest BCUT2D eigenvalue weighted by molar-refractivity contribution is 5.84. The van der Waals surface area contributed by atoms with Crippen molar-refractivity contribution in [3.8, 4) is 0 Å². The fraction of sp³-hybridized carbons (Fsp3) is 0.650. The summed E-state index contributed by atoms with van der Waals surface area (Å²) >= 11 is 0. The second-order valence-electron chi connectivity index (χ2n) is 7.78. The summed E-state index contributed by atoms with van der Waals surface area (Å²) < 4.78 is 0. The van der Waals surface area contributed by atoms with Crippen molar-refractivity contribution in [3.63, 3.8) is 0 Å². The molecule has 0 unspecified atom stereocenters. The number of carbonyl (C=O) groups is 2. The van der Waals surface area contributed by atoms with Gasteiger partial charge in [-0.2, -0.15) is 0 Å². The van der Waals surface area contributed by atoms with Gasteiger partial charge in [0.05, 0.1) is 5.54 Å². The molecule has 0 aromatic carbocycles. The lowest BCUT2D eigenvalue weighted by molar-refractivity contribution is -0.142. The molecule has 1 aromatic rings. The number of hydrogen-bond donors (Lipinski definition) is 1. The molecule has 3 aliphatic rings. The first-order valence-electron chi connectivity index (χ1n) is 9.70. The minimum atomic E-state index is -0.159. The van der Waals surface area contributed by atoms with Crippen molar-refractivity contribution in [2.45, 2.75) is 69.4 Å².